The topological polar surface area (TPSA) is 29.5 Å². The van der Waals surface area contributed by atoms with Crippen LogP contribution in [0.5, 0.6) is 0 Å². The van der Waals surface area contributed by atoms with Crippen LogP contribution >= 0.6 is 11.8 Å². The lowest BCUT2D eigenvalue weighted by Gasteiger charge is -2.30. The van der Waals surface area contributed by atoms with Crippen molar-refractivity contribution in [2.24, 2.45) is 0 Å². The van der Waals surface area contributed by atoms with Gasteiger partial charge in [-0.3, -0.25) is 4.79 Å². The van der Waals surface area contributed by atoms with E-state index in [1.165, 1.54) is 5.57 Å². The summed E-state index contributed by atoms with van der Waals surface area (Å²) < 4.78 is 5.93. The van der Waals surface area contributed by atoms with Gasteiger partial charge in [-0.25, -0.2) is 0 Å². The predicted octanol–water partition coefficient (Wildman–Crippen LogP) is 3.89. The molecule has 2 atom stereocenters. The van der Waals surface area contributed by atoms with Gasteiger partial charge in [0.2, 0.25) is 5.91 Å². The zero-order valence-corrected chi connectivity index (χ0v) is 15.1. The van der Waals surface area contributed by atoms with Gasteiger partial charge < -0.3 is 9.64 Å². The van der Waals surface area contributed by atoms with E-state index in [1.54, 1.807) is 11.8 Å². The van der Waals surface area contributed by atoms with Crippen molar-refractivity contribution in [3.8, 4) is 0 Å². The number of carbonyl (C=O) groups is 1. The van der Waals surface area contributed by atoms with Crippen LogP contribution in [-0.4, -0.2) is 41.2 Å². The molecule has 4 heteroatoms. The quantitative estimate of drug-likeness (QED) is 0.560. The Hall–Kier alpha value is -1.26. The standard InChI is InChI=1S/C19H27NO2S/c1-4-15-12-17(19(22-5-2)23-6-3)20(14-15)18(21)13-16-10-8-7-9-11-16/h4,7-11,17,19H,5-6,12-14H2,1-3H3/t17-,19?/m0/s1. The molecule has 0 spiro atoms. The van der Waals surface area contributed by atoms with E-state index >= 15 is 0 Å². The number of likely N-dealkylation sites (tertiary alicyclic amines) is 1. The number of thioether (sulfide) groups is 1. The van der Waals surface area contributed by atoms with E-state index in [2.05, 4.69) is 19.9 Å². The van der Waals surface area contributed by atoms with Gasteiger partial charge in [0, 0.05) is 13.2 Å². The Morgan fingerprint density at radius 1 is 1.39 bits per heavy atom. The summed E-state index contributed by atoms with van der Waals surface area (Å²) in [6.07, 6.45) is 3.53. The minimum absolute atomic E-state index is 0.0576. The summed E-state index contributed by atoms with van der Waals surface area (Å²) in [6, 6.07) is 10.1. The van der Waals surface area contributed by atoms with Gasteiger partial charge in [-0.2, -0.15) is 0 Å². The first-order valence-electron chi connectivity index (χ1n) is 8.40. The largest absolute Gasteiger partial charge is 0.366 e. The smallest absolute Gasteiger partial charge is 0.227 e. The molecule has 2 rings (SSSR count). The molecule has 23 heavy (non-hydrogen) atoms. The van der Waals surface area contributed by atoms with Crippen LogP contribution in [0.1, 0.15) is 32.8 Å². The summed E-state index contributed by atoms with van der Waals surface area (Å²) in [5.74, 6) is 1.19. The Morgan fingerprint density at radius 3 is 2.74 bits per heavy atom. The fourth-order valence-electron chi connectivity index (χ4n) is 2.98. The molecule has 1 heterocycles. The van der Waals surface area contributed by atoms with Crippen molar-refractivity contribution in [3.05, 3.63) is 47.5 Å². The molecule has 1 aliphatic rings. The summed E-state index contributed by atoms with van der Waals surface area (Å²) in [6.45, 7) is 7.63. The average molecular weight is 333 g/mol. The van der Waals surface area contributed by atoms with Gasteiger partial charge in [0.1, 0.15) is 5.44 Å². The molecule has 0 aromatic heterocycles. The zero-order valence-electron chi connectivity index (χ0n) is 14.3. The van der Waals surface area contributed by atoms with Crippen molar-refractivity contribution in [1.29, 1.82) is 0 Å². The molecule has 0 radical (unpaired) electrons. The molecule has 1 aromatic rings. The second-order valence-electron chi connectivity index (χ2n) is 5.68. The third-order valence-corrected chi connectivity index (χ3v) is 5.26. The number of allylic oxidation sites excluding steroid dienone is 1. The van der Waals surface area contributed by atoms with Crippen molar-refractivity contribution >= 4 is 17.7 Å². The van der Waals surface area contributed by atoms with Crippen LogP contribution in [0.3, 0.4) is 0 Å². The van der Waals surface area contributed by atoms with Crippen LogP contribution in [0.2, 0.25) is 0 Å². The molecule has 1 unspecified atom stereocenters. The maximum atomic E-state index is 12.8. The lowest BCUT2D eigenvalue weighted by Crippen LogP contribution is -2.43. The first kappa shape index (κ1) is 18.1. The molecule has 0 saturated carbocycles. The number of rotatable bonds is 7. The molecule has 1 fully saturated rings. The number of carbonyl (C=O) groups excluding carboxylic acids is 1. The second-order valence-corrected chi connectivity index (χ2v) is 7.06. The van der Waals surface area contributed by atoms with Crippen LogP contribution in [0.25, 0.3) is 0 Å². The van der Waals surface area contributed by atoms with Crippen LogP contribution < -0.4 is 0 Å². The molecule has 0 N–H and O–H groups in total. The maximum absolute atomic E-state index is 12.8. The maximum Gasteiger partial charge on any atom is 0.227 e. The van der Waals surface area contributed by atoms with E-state index in [1.807, 2.05) is 42.2 Å². The van der Waals surface area contributed by atoms with Crippen molar-refractivity contribution < 1.29 is 9.53 Å². The van der Waals surface area contributed by atoms with Gasteiger partial charge in [0.05, 0.1) is 12.5 Å². The zero-order chi connectivity index (χ0) is 16.7. The summed E-state index contributed by atoms with van der Waals surface area (Å²) >= 11 is 1.79. The molecule has 1 saturated heterocycles. The first-order chi connectivity index (χ1) is 11.2. The third kappa shape index (κ3) is 4.85. The van der Waals surface area contributed by atoms with E-state index in [0.717, 1.165) is 24.3 Å². The number of hydrogen-bond donors (Lipinski definition) is 0. The highest BCUT2D eigenvalue weighted by atomic mass is 32.2. The molecule has 1 amide bonds. The third-order valence-electron chi connectivity index (χ3n) is 4.15. The number of benzene rings is 1. The average Bonchev–Trinajstić information content (AvgIpc) is 3.00. The molecule has 1 aromatic carbocycles. The SMILES string of the molecule is CC=C1C[C@@H](C(OCC)SCC)N(C(=O)Cc2ccccc2)C1. The van der Waals surface area contributed by atoms with Crippen molar-refractivity contribution in [2.75, 3.05) is 18.9 Å². The van der Waals surface area contributed by atoms with Crippen LogP contribution in [0.4, 0.5) is 0 Å². The van der Waals surface area contributed by atoms with Gasteiger partial charge in [0.25, 0.3) is 0 Å². The van der Waals surface area contributed by atoms with Crippen molar-refractivity contribution in [3.63, 3.8) is 0 Å². The van der Waals surface area contributed by atoms with Gasteiger partial charge in [-0.05, 0) is 31.6 Å². The van der Waals surface area contributed by atoms with E-state index in [4.69, 9.17) is 4.74 Å². The second kappa shape index (κ2) is 9.14. The van der Waals surface area contributed by atoms with Gasteiger partial charge >= 0.3 is 0 Å². The normalized spacial score (nSPS) is 20.9. The highest BCUT2D eigenvalue weighted by Crippen LogP contribution is 2.32. The minimum atomic E-state index is 0.0576. The summed E-state index contributed by atoms with van der Waals surface area (Å²) in [7, 11) is 0. The highest BCUT2D eigenvalue weighted by molar-refractivity contribution is 7.99. The van der Waals surface area contributed by atoms with Crippen molar-refractivity contribution in [1.82, 2.24) is 4.90 Å². The van der Waals surface area contributed by atoms with Gasteiger partial charge in [-0.15, -0.1) is 11.8 Å². The fraction of sp³-hybridized carbons (Fsp3) is 0.526. The lowest BCUT2D eigenvalue weighted by atomic mass is 10.1. The van der Waals surface area contributed by atoms with Crippen molar-refractivity contribution in [2.45, 2.75) is 45.1 Å². The highest BCUT2D eigenvalue weighted by Gasteiger charge is 2.37. The van der Waals surface area contributed by atoms with Gasteiger partial charge in [0.15, 0.2) is 0 Å². The molecule has 0 bridgehead atoms. The molecular weight excluding hydrogens is 306 g/mol. The number of hydrogen-bond acceptors (Lipinski definition) is 3. The van der Waals surface area contributed by atoms with E-state index in [-0.39, 0.29) is 17.4 Å². The molecule has 126 valence electrons. The lowest BCUT2D eigenvalue weighted by molar-refractivity contribution is -0.132. The van der Waals surface area contributed by atoms with E-state index in [9.17, 15) is 4.79 Å². The van der Waals surface area contributed by atoms with Crippen LogP contribution in [0, 0.1) is 0 Å². The molecule has 0 aliphatic carbocycles. The number of ether oxygens (including phenoxy) is 1. The summed E-state index contributed by atoms with van der Waals surface area (Å²) in [4.78, 5) is 14.9. The van der Waals surface area contributed by atoms with E-state index < -0.39 is 0 Å². The first-order valence-corrected chi connectivity index (χ1v) is 9.45. The molecular formula is C19H27NO2S. The summed E-state index contributed by atoms with van der Waals surface area (Å²) in [5, 5.41) is 0. The van der Waals surface area contributed by atoms with E-state index in [0.29, 0.717) is 13.0 Å². The Kier molecular flexibility index (Phi) is 7.18. The monoisotopic (exact) mass is 333 g/mol. The molecule has 3 nitrogen and oxygen atoms in total. The Labute approximate surface area is 144 Å². The van der Waals surface area contributed by atoms with Crippen LogP contribution in [0.15, 0.2) is 42.0 Å². The number of nitrogens with zero attached hydrogens (tertiary/aromatic N) is 1. The summed E-state index contributed by atoms with van der Waals surface area (Å²) in [5.41, 5.74) is 2.46. The van der Waals surface area contributed by atoms with Gasteiger partial charge in [-0.1, -0.05) is 48.9 Å². The van der Waals surface area contributed by atoms with Crippen LogP contribution in [-0.2, 0) is 16.0 Å². The predicted molar refractivity (Wildman–Crippen MR) is 97.6 cm³/mol. The number of amides is 1. The Balaban J connectivity index is 2.13. The fourth-order valence-corrected chi connectivity index (χ4v) is 4.00. The molecule has 1 aliphatic heterocycles. The Morgan fingerprint density at radius 2 is 2.13 bits per heavy atom. The Bertz CT molecular complexity index is 523. The minimum Gasteiger partial charge on any atom is -0.366 e.